The van der Waals surface area contributed by atoms with Crippen LogP contribution < -0.4 is 4.80 Å². The van der Waals surface area contributed by atoms with Crippen LogP contribution in [0, 0.1) is 0 Å². The third-order valence-electron chi connectivity index (χ3n) is 3.68. The molecule has 4 aromatic rings. The van der Waals surface area contributed by atoms with Crippen LogP contribution in [-0.2, 0) is 7.05 Å². The van der Waals surface area contributed by atoms with Gasteiger partial charge in [-0.3, -0.25) is 0 Å². The third kappa shape index (κ3) is 2.16. The molecule has 0 spiro atoms. The van der Waals surface area contributed by atoms with Crippen LogP contribution in [0.25, 0.3) is 21.1 Å². The Labute approximate surface area is 131 Å². The van der Waals surface area contributed by atoms with Crippen LogP contribution >= 0.6 is 11.3 Å². The van der Waals surface area contributed by atoms with E-state index < -0.39 is 0 Å². The first-order chi connectivity index (χ1) is 10.8. The van der Waals surface area contributed by atoms with Crippen molar-refractivity contribution >= 4 is 38.7 Å². The van der Waals surface area contributed by atoms with Crippen LogP contribution in [0.3, 0.4) is 0 Å². The summed E-state index contributed by atoms with van der Waals surface area (Å²) < 4.78 is 3.28. The van der Waals surface area contributed by atoms with Crippen LogP contribution in [0.1, 0.15) is 5.56 Å². The van der Waals surface area contributed by atoms with E-state index in [1.165, 1.54) is 10.2 Å². The normalized spacial score (nSPS) is 12.9. The maximum absolute atomic E-state index is 4.36. The predicted octanol–water partition coefficient (Wildman–Crippen LogP) is 3.66. The van der Waals surface area contributed by atoms with Crippen LogP contribution in [-0.4, -0.2) is 15.8 Å². The van der Waals surface area contributed by atoms with E-state index in [-0.39, 0.29) is 0 Å². The van der Waals surface area contributed by atoms with Crippen molar-refractivity contribution in [2.45, 2.75) is 0 Å². The Kier molecular flexibility index (Phi) is 3.12. The number of H-pyrrole nitrogens is 1. The number of thiazole rings is 1. The fourth-order valence-electron chi connectivity index (χ4n) is 2.52. The van der Waals surface area contributed by atoms with E-state index >= 15 is 0 Å². The first kappa shape index (κ1) is 13.0. The Bertz CT molecular complexity index is 1050. The summed E-state index contributed by atoms with van der Waals surface area (Å²) in [5.41, 5.74) is 3.33. The van der Waals surface area contributed by atoms with Gasteiger partial charge in [-0.25, -0.2) is 0 Å². The first-order valence-corrected chi connectivity index (χ1v) is 7.82. The lowest BCUT2D eigenvalue weighted by molar-refractivity contribution is 0.889. The van der Waals surface area contributed by atoms with Crippen molar-refractivity contribution in [3.8, 4) is 0 Å². The second kappa shape index (κ2) is 5.27. The van der Waals surface area contributed by atoms with Crippen molar-refractivity contribution in [1.82, 2.24) is 9.55 Å². The zero-order chi connectivity index (χ0) is 14.9. The monoisotopic (exact) mass is 306 g/mol. The minimum atomic E-state index is 0.886. The van der Waals surface area contributed by atoms with Gasteiger partial charge in [0.1, 0.15) is 0 Å². The number of hydrogen-bond acceptors (Lipinski definition) is 3. The van der Waals surface area contributed by atoms with Crippen molar-refractivity contribution < 1.29 is 0 Å². The van der Waals surface area contributed by atoms with E-state index in [0.717, 1.165) is 21.3 Å². The van der Waals surface area contributed by atoms with Gasteiger partial charge in [-0.15, -0.1) is 5.10 Å². The standard InChI is InChI=1S/C17H14N4S/c1-21-15-8-4-5-9-16(15)22-17(21)20-19-11-12-10-18-14-7-3-2-6-13(12)14/h2-11,18H,1H3/b19-11+,20-17+. The molecule has 108 valence electrons. The summed E-state index contributed by atoms with van der Waals surface area (Å²) in [5.74, 6) is 0. The molecule has 0 amide bonds. The quantitative estimate of drug-likeness (QED) is 0.434. The second-order valence-corrected chi connectivity index (χ2v) is 6.05. The largest absolute Gasteiger partial charge is 0.361 e. The highest BCUT2D eigenvalue weighted by Crippen LogP contribution is 2.16. The van der Waals surface area contributed by atoms with Crippen LogP contribution in [0.5, 0.6) is 0 Å². The summed E-state index contributed by atoms with van der Waals surface area (Å²) >= 11 is 1.64. The van der Waals surface area contributed by atoms with E-state index in [1.807, 2.05) is 37.5 Å². The maximum atomic E-state index is 4.36. The molecule has 0 aliphatic carbocycles. The summed E-state index contributed by atoms with van der Waals surface area (Å²) in [7, 11) is 2.01. The van der Waals surface area contributed by atoms with Gasteiger partial charge in [0.15, 0.2) is 0 Å². The number of benzene rings is 2. The molecular weight excluding hydrogens is 292 g/mol. The molecule has 0 aliphatic rings. The van der Waals surface area contributed by atoms with E-state index in [1.54, 1.807) is 17.6 Å². The Morgan fingerprint density at radius 1 is 1.09 bits per heavy atom. The molecule has 0 atom stereocenters. The number of hydrogen-bond donors (Lipinski definition) is 1. The summed E-state index contributed by atoms with van der Waals surface area (Å²) in [4.78, 5) is 4.12. The van der Waals surface area contributed by atoms with E-state index in [2.05, 4.69) is 44.0 Å². The highest BCUT2D eigenvalue weighted by Gasteiger charge is 2.01. The SMILES string of the molecule is Cn1/c(=N\N=C\c2c[nH]c3ccccc23)sc2ccccc21. The average molecular weight is 306 g/mol. The van der Waals surface area contributed by atoms with Crippen molar-refractivity contribution in [3.05, 3.63) is 65.1 Å². The molecule has 1 N–H and O–H groups in total. The topological polar surface area (TPSA) is 45.4 Å². The number of aromatic nitrogens is 2. The van der Waals surface area contributed by atoms with Crippen LogP contribution in [0.15, 0.2) is 64.9 Å². The molecule has 2 heterocycles. The predicted molar refractivity (Wildman–Crippen MR) is 92.3 cm³/mol. The molecule has 0 unspecified atom stereocenters. The molecule has 2 aromatic carbocycles. The lowest BCUT2D eigenvalue weighted by Gasteiger charge is -1.92. The summed E-state index contributed by atoms with van der Waals surface area (Å²) in [6, 6.07) is 16.4. The number of nitrogens with one attached hydrogen (secondary N) is 1. The highest BCUT2D eigenvalue weighted by atomic mass is 32.1. The summed E-state index contributed by atoms with van der Waals surface area (Å²) in [6.07, 6.45) is 3.75. The number of nitrogens with zero attached hydrogens (tertiary/aromatic N) is 3. The molecule has 22 heavy (non-hydrogen) atoms. The molecular formula is C17H14N4S. The number of aromatic amines is 1. The smallest absolute Gasteiger partial charge is 0.211 e. The van der Waals surface area contributed by atoms with Gasteiger partial charge < -0.3 is 9.55 Å². The molecule has 0 aliphatic heterocycles. The zero-order valence-corrected chi connectivity index (χ0v) is 12.8. The molecule has 0 saturated heterocycles. The van der Waals surface area contributed by atoms with Gasteiger partial charge >= 0.3 is 0 Å². The minimum absolute atomic E-state index is 0.886. The van der Waals surface area contributed by atoms with Gasteiger partial charge in [0.2, 0.25) is 4.80 Å². The molecule has 2 aromatic heterocycles. The van der Waals surface area contributed by atoms with E-state index in [9.17, 15) is 0 Å². The summed E-state index contributed by atoms with van der Waals surface area (Å²) in [5, 5.41) is 9.78. The van der Waals surface area contributed by atoms with E-state index in [4.69, 9.17) is 0 Å². The Morgan fingerprint density at radius 3 is 2.82 bits per heavy atom. The zero-order valence-electron chi connectivity index (χ0n) is 12.0. The molecule has 5 heteroatoms. The fourth-order valence-corrected chi connectivity index (χ4v) is 3.50. The van der Waals surface area contributed by atoms with Crippen molar-refractivity contribution in [2.75, 3.05) is 0 Å². The molecule has 0 fully saturated rings. The van der Waals surface area contributed by atoms with Gasteiger partial charge in [-0.2, -0.15) is 5.10 Å². The fraction of sp³-hybridized carbons (Fsp3) is 0.0588. The molecule has 0 saturated carbocycles. The second-order valence-electron chi connectivity index (χ2n) is 5.05. The van der Waals surface area contributed by atoms with Gasteiger partial charge in [0, 0.05) is 29.7 Å². The number of fused-ring (bicyclic) bond motifs is 2. The Hall–Kier alpha value is -2.66. The number of rotatable bonds is 2. The lowest BCUT2D eigenvalue weighted by Crippen LogP contribution is -2.08. The number of aryl methyl sites for hydroxylation is 1. The molecule has 4 rings (SSSR count). The highest BCUT2D eigenvalue weighted by molar-refractivity contribution is 7.16. The Balaban J connectivity index is 1.75. The van der Waals surface area contributed by atoms with Crippen molar-refractivity contribution in [2.24, 2.45) is 17.3 Å². The molecule has 4 nitrogen and oxygen atoms in total. The first-order valence-electron chi connectivity index (χ1n) is 7.01. The van der Waals surface area contributed by atoms with Crippen molar-refractivity contribution in [3.63, 3.8) is 0 Å². The van der Waals surface area contributed by atoms with Gasteiger partial charge in [0.25, 0.3) is 0 Å². The minimum Gasteiger partial charge on any atom is -0.361 e. The maximum Gasteiger partial charge on any atom is 0.211 e. The number of para-hydroxylation sites is 2. The van der Waals surface area contributed by atoms with Gasteiger partial charge in [-0.1, -0.05) is 41.7 Å². The van der Waals surface area contributed by atoms with E-state index in [0.29, 0.717) is 0 Å². The molecule has 0 bridgehead atoms. The van der Waals surface area contributed by atoms with Crippen LogP contribution in [0.4, 0.5) is 0 Å². The third-order valence-corrected chi connectivity index (χ3v) is 4.78. The van der Waals surface area contributed by atoms with Crippen molar-refractivity contribution in [1.29, 1.82) is 0 Å². The molecule has 0 radical (unpaired) electrons. The summed E-state index contributed by atoms with van der Waals surface area (Å²) in [6.45, 7) is 0. The van der Waals surface area contributed by atoms with Gasteiger partial charge in [0.05, 0.1) is 16.4 Å². The average Bonchev–Trinajstić information content (AvgIpc) is 3.10. The van der Waals surface area contributed by atoms with Crippen LogP contribution in [0.2, 0.25) is 0 Å². The van der Waals surface area contributed by atoms with Gasteiger partial charge in [-0.05, 0) is 18.2 Å². The Morgan fingerprint density at radius 2 is 1.91 bits per heavy atom. The lowest BCUT2D eigenvalue weighted by atomic mass is 10.2.